The van der Waals surface area contributed by atoms with Gasteiger partial charge in [0.05, 0.1) is 5.69 Å². The second kappa shape index (κ2) is 8.06. The highest BCUT2D eigenvalue weighted by atomic mass is 79.9. The predicted octanol–water partition coefficient (Wildman–Crippen LogP) is 5.76. The molecule has 1 amide bonds. The number of carbonyl (C=O) groups excluding carboxylic acids is 1. The highest BCUT2D eigenvalue weighted by molar-refractivity contribution is 9.10. The Balaban J connectivity index is 1.53. The number of hydrogen-bond acceptors (Lipinski definition) is 4. The first-order valence-corrected chi connectivity index (χ1v) is 10.3. The number of halogens is 1. The Kier molecular flexibility index (Phi) is 5.34. The van der Waals surface area contributed by atoms with Crippen molar-refractivity contribution in [1.29, 1.82) is 0 Å². The number of benzene rings is 3. The van der Waals surface area contributed by atoms with Gasteiger partial charge in [-0.1, -0.05) is 70.5 Å². The van der Waals surface area contributed by atoms with Crippen molar-refractivity contribution in [3.63, 3.8) is 0 Å². The summed E-state index contributed by atoms with van der Waals surface area (Å²) < 4.78 is 1.00. The summed E-state index contributed by atoms with van der Waals surface area (Å²) in [6, 6.07) is 25.3. The van der Waals surface area contributed by atoms with Crippen LogP contribution in [0.25, 0.3) is 22.4 Å². The van der Waals surface area contributed by atoms with Gasteiger partial charge in [0.25, 0.3) is 5.91 Å². The van der Waals surface area contributed by atoms with Gasteiger partial charge in [0, 0.05) is 21.0 Å². The summed E-state index contributed by atoms with van der Waals surface area (Å²) in [5, 5.41) is 3.45. The molecule has 6 heteroatoms. The minimum Gasteiger partial charge on any atom is -0.267 e. The maximum Gasteiger partial charge on any atom is 0.274 e. The van der Waals surface area contributed by atoms with Crippen LogP contribution in [0.5, 0.6) is 0 Å². The molecule has 0 aliphatic rings. The van der Waals surface area contributed by atoms with E-state index in [2.05, 4.69) is 20.9 Å². The fourth-order valence-corrected chi connectivity index (χ4v) is 3.81. The highest BCUT2D eigenvalue weighted by Gasteiger charge is 2.18. The van der Waals surface area contributed by atoms with Crippen LogP contribution < -0.4 is 10.9 Å². The summed E-state index contributed by atoms with van der Waals surface area (Å²) in [6.07, 6.45) is 0. The average Bonchev–Trinajstić information content (AvgIpc) is 3.24. The molecular formula is C22H16BrN3OS. The highest BCUT2D eigenvalue weighted by Crippen LogP contribution is 2.28. The number of nitrogens with two attached hydrogens (primary N) is 1. The Morgan fingerprint density at radius 2 is 1.46 bits per heavy atom. The van der Waals surface area contributed by atoms with E-state index in [4.69, 9.17) is 5.84 Å². The van der Waals surface area contributed by atoms with Crippen LogP contribution in [-0.4, -0.2) is 10.9 Å². The summed E-state index contributed by atoms with van der Waals surface area (Å²) in [5.74, 6) is 5.76. The molecular weight excluding hydrogens is 434 g/mol. The Hall–Kier alpha value is -2.80. The first-order valence-electron chi connectivity index (χ1n) is 8.58. The van der Waals surface area contributed by atoms with Crippen LogP contribution in [-0.2, 0) is 0 Å². The number of nitrogens with zero attached hydrogens (tertiary/aromatic N) is 2. The average molecular weight is 450 g/mol. The molecule has 4 rings (SSSR count). The van der Waals surface area contributed by atoms with E-state index in [1.54, 1.807) is 12.1 Å². The van der Waals surface area contributed by atoms with E-state index in [0.717, 1.165) is 31.9 Å². The summed E-state index contributed by atoms with van der Waals surface area (Å²) in [5.41, 5.74) is 4.43. The Morgan fingerprint density at radius 3 is 2.14 bits per heavy atom. The second-order valence-corrected chi connectivity index (χ2v) is 7.89. The van der Waals surface area contributed by atoms with E-state index in [1.165, 1.54) is 11.3 Å². The van der Waals surface area contributed by atoms with Gasteiger partial charge in [-0.2, -0.15) is 0 Å². The first kappa shape index (κ1) is 18.6. The van der Waals surface area contributed by atoms with E-state index in [0.29, 0.717) is 10.7 Å². The van der Waals surface area contributed by atoms with Crippen LogP contribution >= 0.6 is 27.3 Å². The smallest absolute Gasteiger partial charge is 0.267 e. The molecule has 1 aromatic heterocycles. The van der Waals surface area contributed by atoms with Crippen molar-refractivity contribution in [1.82, 2.24) is 4.98 Å². The monoisotopic (exact) mass is 449 g/mol. The van der Waals surface area contributed by atoms with Crippen molar-refractivity contribution in [3.05, 3.63) is 94.3 Å². The molecule has 1 heterocycles. The lowest BCUT2D eigenvalue weighted by Gasteiger charge is -2.13. The van der Waals surface area contributed by atoms with E-state index < -0.39 is 0 Å². The third kappa shape index (κ3) is 3.89. The molecule has 0 saturated carbocycles. The van der Waals surface area contributed by atoms with Crippen LogP contribution in [0.3, 0.4) is 0 Å². The molecule has 138 valence electrons. The topological polar surface area (TPSA) is 59.2 Å². The normalized spacial score (nSPS) is 10.6. The van der Waals surface area contributed by atoms with E-state index in [1.807, 2.05) is 72.1 Å². The van der Waals surface area contributed by atoms with Gasteiger partial charge in [0.1, 0.15) is 0 Å². The van der Waals surface area contributed by atoms with Crippen LogP contribution in [0, 0.1) is 0 Å². The van der Waals surface area contributed by atoms with Gasteiger partial charge >= 0.3 is 0 Å². The van der Waals surface area contributed by atoms with Gasteiger partial charge in [-0.15, -0.1) is 11.3 Å². The van der Waals surface area contributed by atoms with Crippen LogP contribution in [0.1, 0.15) is 10.4 Å². The summed E-state index contributed by atoms with van der Waals surface area (Å²) in [7, 11) is 0. The van der Waals surface area contributed by atoms with Gasteiger partial charge in [-0.25, -0.2) is 15.8 Å². The molecule has 4 aromatic rings. The van der Waals surface area contributed by atoms with Gasteiger partial charge in [-0.05, 0) is 35.4 Å². The van der Waals surface area contributed by atoms with Crippen molar-refractivity contribution >= 4 is 38.3 Å². The minimum absolute atomic E-state index is 0.295. The molecule has 28 heavy (non-hydrogen) atoms. The van der Waals surface area contributed by atoms with Crippen molar-refractivity contribution < 1.29 is 4.79 Å². The van der Waals surface area contributed by atoms with Crippen LogP contribution in [0.2, 0.25) is 0 Å². The lowest BCUT2D eigenvalue weighted by Crippen LogP contribution is -2.37. The molecule has 0 radical (unpaired) electrons. The fourth-order valence-electron chi connectivity index (χ4n) is 2.79. The summed E-state index contributed by atoms with van der Waals surface area (Å²) >= 11 is 4.76. The number of aromatic nitrogens is 1. The zero-order valence-electron chi connectivity index (χ0n) is 14.7. The maximum absolute atomic E-state index is 12.7. The zero-order valence-corrected chi connectivity index (χ0v) is 17.2. The van der Waals surface area contributed by atoms with Gasteiger partial charge in [-0.3, -0.25) is 4.79 Å². The lowest BCUT2D eigenvalue weighted by atomic mass is 10.0. The molecule has 4 nitrogen and oxygen atoms in total. The third-order valence-corrected chi connectivity index (χ3v) is 5.66. The van der Waals surface area contributed by atoms with Gasteiger partial charge in [0.15, 0.2) is 0 Å². The number of carbonyl (C=O) groups is 1. The standard InChI is InChI=1S/C22H16BrN3OS/c23-19-12-10-17(11-13-19)20-14-28-22(25-20)26(24)21(27)18-8-6-16(7-9-18)15-4-2-1-3-5-15/h1-14H,24H2. The van der Waals surface area contributed by atoms with Gasteiger partial charge < -0.3 is 0 Å². The molecule has 2 N–H and O–H groups in total. The SMILES string of the molecule is NN(C(=O)c1ccc(-c2ccccc2)cc1)c1nc(-c2ccc(Br)cc2)cs1. The largest absolute Gasteiger partial charge is 0.274 e. The minimum atomic E-state index is -0.295. The summed E-state index contributed by atoms with van der Waals surface area (Å²) in [4.78, 5) is 17.2. The molecule has 0 saturated heterocycles. The lowest BCUT2D eigenvalue weighted by molar-refractivity contribution is 0.0987. The van der Waals surface area contributed by atoms with Crippen molar-refractivity contribution in [2.45, 2.75) is 0 Å². The molecule has 0 bridgehead atoms. The Bertz CT molecular complexity index is 1090. The van der Waals surface area contributed by atoms with Crippen molar-refractivity contribution in [3.8, 4) is 22.4 Å². The van der Waals surface area contributed by atoms with Crippen LogP contribution in [0.4, 0.5) is 5.13 Å². The maximum atomic E-state index is 12.7. The van der Waals surface area contributed by atoms with Crippen molar-refractivity contribution in [2.75, 3.05) is 5.01 Å². The second-order valence-electron chi connectivity index (χ2n) is 6.14. The fraction of sp³-hybridized carbons (Fsp3) is 0. The summed E-state index contributed by atoms with van der Waals surface area (Å²) in [6.45, 7) is 0. The number of anilines is 1. The van der Waals surface area contributed by atoms with E-state index >= 15 is 0 Å². The molecule has 0 aliphatic heterocycles. The number of rotatable bonds is 4. The number of amides is 1. The third-order valence-electron chi connectivity index (χ3n) is 4.30. The van der Waals surface area contributed by atoms with E-state index in [9.17, 15) is 4.79 Å². The molecule has 0 aliphatic carbocycles. The Morgan fingerprint density at radius 1 is 0.857 bits per heavy atom. The van der Waals surface area contributed by atoms with Crippen LogP contribution in [0.15, 0.2) is 88.7 Å². The quantitative estimate of drug-likeness (QED) is 0.244. The first-order chi connectivity index (χ1) is 13.6. The predicted molar refractivity (Wildman–Crippen MR) is 118 cm³/mol. The zero-order chi connectivity index (χ0) is 19.5. The molecule has 3 aromatic carbocycles. The molecule has 0 atom stereocenters. The number of hydrazine groups is 1. The number of thiazole rings is 1. The molecule has 0 unspecified atom stereocenters. The Labute approximate surface area is 175 Å². The molecule has 0 spiro atoms. The number of hydrogen-bond donors (Lipinski definition) is 1. The van der Waals surface area contributed by atoms with Crippen molar-refractivity contribution in [2.24, 2.45) is 5.84 Å². The van der Waals surface area contributed by atoms with Gasteiger partial charge in [0.2, 0.25) is 5.13 Å². The molecule has 0 fully saturated rings. The van der Waals surface area contributed by atoms with E-state index in [-0.39, 0.29) is 5.91 Å².